The molecule has 2 atom stereocenters. The lowest BCUT2D eigenvalue weighted by molar-refractivity contribution is -0.189. The number of carbonyl (C=O) groups is 1. The molecule has 1 aliphatic rings. The summed E-state index contributed by atoms with van der Waals surface area (Å²) in [5.74, 6) is -1.79. The van der Waals surface area contributed by atoms with Gasteiger partial charge in [0.25, 0.3) is 0 Å². The molecule has 0 saturated carbocycles. The first-order chi connectivity index (χ1) is 9.98. The third-order valence-corrected chi connectivity index (χ3v) is 3.82. The molecule has 112 valence electrons. The number of alkyl halides is 3. The minimum atomic E-state index is -4.87. The average molecular weight is 297 g/mol. The number of rotatable bonds is 2. The summed E-state index contributed by atoms with van der Waals surface area (Å²) < 4.78 is 38.8. The highest BCUT2D eigenvalue weighted by molar-refractivity contribution is 5.83. The van der Waals surface area contributed by atoms with E-state index in [9.17, 15) is 18.0 Å². The Morgan fingerprint density at radius 2 is 1.52 bits per heavy atom. The summed E-state index contributed by atoms with van der Waals surface area (Å²) in [6.07, 6.45) is -0.598. The van der Waals surface area contributed by atoms with Crippen LogP contribution < -0.4 is 0 Å². The Hall–Kier alpha value is -2.18. The van der Waals surface area contributed by atoms with Crippen LogP contribution in [0.5, 0.6) is 0 Å². The molecule has 1 saturated heterocycles. The van der Waals surface area contributed by atoms with Gasteiger partial charge >= 0.3 is 12.1 Å². The van der Waals surface area contributed by atoms with Crippen molar-refractivity contribution in [3.63, 3.8) is 0 Å². The van der Waals surface area contributed by atoms with Crippen molar-refractivity contribution in [2.24, 2.45) is 0 Å². The van der Waals surface area contributed by atoms with Gasteiger partial charge in [0, 0.05) is 23.8 Å². The minimum absolute atomic E-state index is 0.492. The van der Waals surface area contributed by atoms with E-state index >= 15 is 0 Å². The van der Waals surface area contributed by atoms with Crippen molar-refractivity contribution in [3.05, 3.63) is 48.0 Å². The predicted molar refractivity (Wildman–Crippen MR) is 69.2 cm³/mol. The summed E-state index contributed by atoms with van der Waals surface area (Å²) in [6.45, 7) is 0. The van der Waals surface area contributed by atoms with Crippen molar-refractivity contribution in [1.82, 2.24) is 14.9 Å². The number of hydrogen-bond acceptors (Lipinski definition) is 1. The number of aromatic nitrogens is 2. The second kappa shape index (κ2) is 4.98. The molecular formula is C14H14F3N3O. The van der Waals surface area contributed by atoms with Crippen molar-refractivity contribution < 1.29 is 18.0 Å². The van der Waals surface area contributed by atoms with Crippen LogP contribution in [0.4, 0.5) is 13.2 Å². The van der Waals surface area contributed by atoms with E-state index in [4.69, 9.17) is 0 Å². The zero-order chi connectivity index (χ0) is 15.0. The van der Waals surface area contributed by atoms with Crippen LogP contribution in [0.15, 0.2) is 36.7 Å². The zero-order valence-corrected chi connectivity index (χ0v) is 11.0. The molecule has 7 heteroatoms. The van der Waals surface area contributed by atoms with E-state index in [1.165, 1.54) is 0 Å². The Kier molecular flexibility index (Phi) is 3.27. The fraction of sp³-hybridized carbons (Fsp3) is 0.357. The molecule has 0 aliphatic carbocycles. The zero-order valence-electron chi connectivity index (χ0n) is 11.0. The number of H-pyrrole nitrogens is 2. The van der Waals surface area contributed by atoms with Gasteiger partial charge in [0.15, 0.2) is 0 Å². The third-order valence-electron chi connectivity index (χ3n) is 3.82. The molecule has 4 nitrogen and oxygen atoms in total. The Balaban J connectivity index is 1.98. The lowest BCUT2D eigenvalue weighted by Gasteiger charge is -2.30. The van der Waals surface area contributed by atoms with E-state index < -0.39 is 24.2 Å². The molecule has 0 spiro atoms. The van der Waals surface area contributed by atoms with Gasteiger partial charge in [-0.3, -0.25) is 4.79 Å². The molecule has 2 N–H and O–H groups in total. The molecule has 3 rings (SSSR count). The van der Waals surface area contributed by atoms with Crippen LogP contribution in [0.2, 0.25) is 0 Å². The molecule has 0 aromatic carbocycles. The second-order valence-corrected chi connectivity index (χ2v) is 5.07. The first-order valence-electron chi connectivity index (χ1n) is 6.64. The highest BCUT2D eigenvalue weighted by atomic mass is 19.4. The standard InChI is InChI=1S/C14H14F3N3O/c15-14(16,17)13(21)20-11(9-3-1-7-18-9)5-6-12(20)10-4-2-8-19-10/h1-4,7-8,11-12,18-19H,5-6H2/t11-,12-/m1/s1. The summed E-state index contributed by atoms with van der Waals surface area (Å²) in [5, 5.41) is 0. The van der Waals surface area contributed by atoms with Gasteiger partial charge in [-0.1, -0.05) is 0 Å². The van der Waals surface area contributed by atoms with Crippen LogP contribution in [0.1, 0.15) is 36.3 Å². The molecule has 2 aromatic rings. The van der Waals surface area contributed by atoms with E-state index in [2.05, 4.69) is 9.97 Å². The second-order valence-electron chi connectivity index (χ2n) is 5.07. The Bertz CT molecular complexity index is 562. The highest BCUT2D eigenvalue weighted by Crippen LogP contribution is 2.45. The molecule has 0 radical (unpaired) electrons. The predicted octanol–water partition coefficient (Wildman–Crippen LogP) is 3.31. The quantitative estimate of drug-likeness (QED) is 0.878. The first-order valence-corrected chi connectivity index (χ1v) is 6.64. The van der Waals surface area contributed by atoms with E-state index in [0.717, 1.165) is 4.90 Å². The number of amides is 1. The maximum atomic E-state index is 12.9. The number of aromatic amines is 2. The van der Waals surface area contributed by atoms with Gasteiger partial charge < -0.3 is 14.9 Å². The van der Waals surface area contributed by atoms with Crippen LogP contribution in [-0.4, -0.2) is 27.0 Å². The fourth-order valence-electron chi connectivity index (χ4n) is 2.95. The van der Waals surface area contributed by atoms with Crippen LogP contribution in [-0.2, 0) is 4.79 Å². The van der Waals surface area contributed by atoms with E-state index in [-0.39, 0.29) is 0 Å². The Morgan fingerprint density at radius 3 is 1.86 bits per heavy atom. The Labute approximate surface area is 119 Å². The third kappa shape index (κ3) is 2.43. The normalized spacial score (nSPS) is 22.7. The van der Waals surface area contributed by atoms with Crippen LogP contribution >= 0.6 is 0 Å². The van der Waals surface area contributed by atoms with Gasteiger partial charge in [-0.05, 0) is 37.1 Å². The van der Waals surface area contributed by atoms with Crippen LogP contribution in [0.3, 0.4) is 0 Å². The molecule has 21 heavy (non-hydrogen) atoms. The van der Waals surface area contributed by atoms with E-state index in [0.29, 0.717) is 24.2 Å². The van der Waals surface area contributed by atoms with E-state index in [1.54, 1.807) is 36.7 Å². The molecular weight excluding hydrogens is 283 g/mol. The summed E-state index contributed by atoms with van der Waals surface area (Å²) >= 11 is 0. The molecule has 1 amide bonds. The minimum Gasteiger partial charge on any atom is -0.363 e. The number of nitrogens with one attached hydrogen (secondary N) is 2. The topological polar surface area (TPSA) is 51.9 Å². The summed E-state index contributed by atoms with van der Waals surface area (Å²) in [5.41, 5.74) is 1.25. The maximum absolute atomic E-state index is 12.9. The number of likely N-dealkylation sites (tertiary alicyclic amines) is 1. The fourth-order valence-corrected chi connectivity index (χ4v) is 2.95. The molecule has 3 heterocycles. The monoisotopic (exact) mass is 297 g/mol. The summed E-state index contributed by atoms with van der Waals surface area (Å²) in [7, 11) is 0. The van der Waals surface area contributed by atoms with Gasteiger partial charge in [0.1, 0.15) is 0 Å². The van der Waals surface area contributed by atoms with Crippen molar-refractivity contribution in [2.45, 2.75) is 31.1 Å². The number of carbonyl (C=O) groups excluding carboxylic acids is 1. The van der Waals surface area contributed by atoms with Gasteiger partial charge in [0.05, 0.1) is 12.1 Å². The lowest BCUT2D eigenvalue weighted by Crippen LogP contribution is -2.42. The van der Waals surface area contributed by atoms with Crippen LogP contribution in [0, 0.1) is 0 Å². The molecule has 1 fully saturated rings. The van der Waals surface area contributed by atoms with E-state index in [1.807, 2.05) is 0 Å². The van der Waals surface area contributed by atoms with Gasteiger partial charge in [0.2, 0.25) is 0 Å². The molecule has 2 aromatic heterocycles. The average Bonchev–Trinajstić information content (AvgIpc) is 3.16. The van der Waals surface area contributed by atoms with Gasteiger partial charge in [-0.15, -0.1) is 0 Å². The molecule has 0 unspecified atom stereocenters. The molecule has 0 bridgehead atoms. The largest absolute Gasteiger partial charge is 0.471 e. The number of hydrogen-bond donors (Lipinski definition) is 2. The van der Waals surface area contributed by atoms with Crippen molar-refractivity contribution in [1.29, 1.82) is 0 Å². The number of nitrogens with zero attached hydrogens (tertiary/aromatic N) is 1. The summed E-state index contributed by atoms with van der Waals surface area (Å²) in [6, 6.07) is 5.68. The SMILES string of the molecule is O=C(N1[C@@H](c2ccc[nH]2)CC[C@@H]1c1ccc[nH]1)C(F)(F)F. The first kappa shape index (κ1) is 13.8. The summed E-state index contributed by atoms with van der Waals surface area (Å²) in [4.78, 5) is 18.6. The van der Waals surface area contributed by atoms with Crippen LogP contribution in [0.25, 0.3) is 0 Å². The maximum Gasteiger partial charge on any atom is 0.471 e. The van der Waals surface area contributed by atoms with Crippen molar-refractivity contribution in [3.8, 4) is 0 Å². The lowest BCUT2D eigenvalue weighted by atomic mass is 10.1. The smallest absolute Gasteiger partial charge is 0.363 e. The number of halogens is 3. The Morgan fingerprint density at radius 1 is 1.05 bits per heavy atom. The van der Waals surface area contributed by atoms with Gasteiger partial charge in [-0.25, -0.2) is 0 Å². The van der Waals surface area contributed by atoms with Crippen molar-refractivity contribution in [2.75, 3.05) is 0 Å². The highest BCUT2D eigenvalue weighted by Gasteiger charge is 2.50. The van der Waals surface area contributed by atoms with Crippen molar-refractivity contribution >= 4 is 5.91 Å². The molecule has 1 aliphatic heterocycles. The van der Waals surface area contributed by atoms with Gasteiger partial charge in [-0.2, -0.15) is 13.2 Å².